The molecule has 0 spiro atoms. The lowest BCUT2D eigenvalue weighted by atomic mass is 10.1. The van der Waals surface area contributed by atoms with Gasteiger partial charge in [-0.15, -0.1) is 0 Å². The third kappa shape index (κ3) is 3.89. The van der Waals surface area contributed by atoms with E-state index in [4.69, 9.17) is 0 Å². The van der Waals surface area contributed by atoms with E-state index in [-0.39, 0.29) is 16.7 Å². The monoisotopic (exact) mass is 348 g/mol. The van der Waals surface area contributed by atoms with Crippen LogP contribution >= 0.6 is 15.9 Å². The van der Waals surface area contributed by atoms with Gasteiger partial charge in [0.1, 0.15) is 0 Å². The van der Waals surface area contributed by atoms with Gasteiger partial charge < -0.3 is 5.32 Å². The molecule has 0 heterocycles. The van der Waals surface area contributed by atoms with Gasteiger partial charge in [0.25, 0.3) is 5.69 Å². The fourth-order valence-corrected chi connectivity index (χ4v) is 2.80. The lowest BCUT2D eigenvalue weighted by Gasteiger charge is -2.16. The van der Waals surface area contributed by atoms with E-state index in [1.54, 1.807) is 19.1 Å². The maximum absolute atomic E-state index is 11.0. The first-order valence-electron chi connectivity index (χ1n) is 6.70. The predicted octanol–water partition coefficient (Wildman–Crippen LogP) is 4.52. The number of nitro groups is 1. The number of rotatable bonds is 5. The highest BCUT2D eigenvalue weighted by Gasteiger charge is 2.12. The van der Waals surface area contributed by atoms with Crippen molar-refractivity contribution in [3.63, 3.8) is 0 Å². The molecule has 0 aromatic heterocycles. The van der Waals surface area contributed by atoms with E-state index in [9.17, 15) is 10.1 Å². The predicted molar refractivity (Wildman–Crippen MR) is 87.2 cm³/mol. The fourth-order valence-electron chi connectivity index (χ4n) is 2.17. The normalized spacial score (nSPS) is 12.1. The highest BCUT2D eigenvalue weighted by atomic mass is 79.9. The van der Waals surface area contributed by atoms with Crippen LogP contribution < -0.4 is 5.32 Å². The topological polar surface area (TPSA) is 55.2 Å². The number of aryl methyl sites for hydroxylation is 1. The standard InChI is InChI=1S/C16H17BrN2O2/c1-11-7-8-13(9-16(11)19(20)21)10-18-12(2)14-5-3-4-6-15(14)17/h3-9,12,18H,10H2,1-2H3/t12-/m1/s1. The molecule has 2 rings (SSSR count). The molecule has 0 fully saturated rings. The molecule has 0 bridgehead atoms. The second-order valence-corrected chi connectivity index (χ2v) is 5.86. The number of nitrogens with zero attached hydrogens (tertiary/aromatic N) is 1. The minimum Gasteiger partial charge on any atom is -0.306 e. The van der Waals surface area contributed by atoms with Crippen LogP contribution in [0.1, 0.15) is 29.7 Å². The Balaban J connectivity index is 2.08. The van der Waals surface area contributed by atoms with E-state index in [2.05, 4.69) is 34.2 Å². The molecular formula is C16H17BrN2O2. The van der Waals surface area contributed by atoms with Crippen molar-refractivity contribution in [2.24, 2.45) is 0 Å². The van der Waals surface area contributed by atoms with Crippen molar-refractivity contribution in [3.8, 4) is 0 Å². The van der Waals surface area contributed by atoms with Crippen molar-refractivity contribution in [3.05, 3.63) is 73.7 Å². The van der Waals surface area contributed by atoms with Crippen molar-refractivity contribution >= 4 is 21.6 Å². The number of nitrogens with one attached hydrogen (secondary N) is 1. The third-order valence-electron chi connectivity index (χ3n) is 3.45. The van der Waals surface area contributed by atoms with Gasteiger partial charge in [-0.3, -0.25) is 10.1 Å². The Morgan fingerprint density at radius 3 is 2.67 bits per heavy atom. The zero-order chi connectivity index (χ0) is 15.4. The second-order valence-electron chi connectivity index (χ2n) is 5.00. The van der Waals surface area contributed by atoms with E-state index < -0.39 is 0 Å². The summed E-state index contributed by atoms with van der Waals surface area (Å²) in [6, 6.07) is 13.5. The van der Waals surface area contributed by atoms with Crippen LogP contribution in [-0.2, 0) is 6.54 Å². The molecule has 0 saturated heterocycles. The van der Waals surface area contributed by atoms with Crippen LogP contribution in [0.5, 0.6) is 0 Å². The summed E-state index contributed by atoms with van der Waals surface area (Å²) < 4.78 is 1.06. The van der Waals surface area contributed by atoms with Gasteiger partial charge in [-0.05, 0) is 31.0 Å². The van der Waals surface area contributed by atoms with Crippen LogP contribution in [0.3, 0.4) is 0 Å². The molecule has 2 aromatic carbocycles. The van der Waals surface area contributed by atoms with Crippen molar-refractivity contribution in [2.45, 2.75) is 26.4 Å². The maximum atomic E-state index is 11.0. The van der Waals surface area contributed by atoms with Crippen LogP contribution in [-0.4, -0.2) is 4.92 Å². The largest absolute Gasteiger partial charge is 0.306 e. The van der Waals surface area contributed by atoms with Crippen LogP contribution in [0.15, 0.2) is 46.9 Å². The first-order valence-corrected chi connectivity index (χ1v) is 7.50. The fraction of sp³-hybridized carbons (Fsp3) is 0.250. The quantitative estimate of drug-likeness (QED) is 0.638. The van der Waals surface area contributed by atoms with Crippen LogP contribution in [0.25, 0.3) is 0 Å². The minimum atomic E-state index is -0.337. The molecule has 1 N–H and O–H groups in total. The van der Waals surface area contributed by atoms with Crippen LogP contribution in [0.2, 0.25) is 0 Å². The highest BCUT2D eigenvalue weighted by molar-refractivity contribution is 9.10. The summed E-state index contributed by atoms with van der Waals surface area (Å²) in [6.07, 6.45) is 0. The third-order valence-corrected chi connectivity index (χ3v) is 4.18. The Morgan fingerprint density at radius 1 is 1.29 bits per heavy atom. The lowest BCUT2D eigenvalue weighted by Crippen LogP contribution is -2.18. The van der Waals surface area contributed by atoms with Gasteiger partial charge in [-0.1, -0.05) is 46.3 Å². The Hall–Kier alpha value is -1.72. The number of hydrogen-bond acceptors (Lipinski definition) is 3. The van der Waals surface area contributed by atoms with Crippen molar-refractivity contribution in [1.29, 1.82) is 0 Å². The van der Waals surface area contributed by atoms with E-state index >= 15 is 0 Å². The van der Waals surface area contributed by atoms with Gasteiger partial charge >= 0.3 is 0 Å². The molecule has 0 unspecified atom stereocenters. The van der Waals surface area contributed by atoms with Gasteiger partial charge in [0, 0.05) is 28.7 Å². The molecule has 2 aromatic rings. The molecule has 5 heteroatoms. The van der Waals surface area contributed by atoms with Crippen molar-refractivity contribution in [1.82, 2.24) is 5.32 Å². The Morgan fingerprint density at radius 2 is 2.00 bits per heavy atom. The molecular weight excluding hydrogens is 332 g/mol. The Bertz CT molecular complexity index is 658. The van der Waals surface area contributed by atoms with Crippen molar-refractivity contribution < 1.29 is 4.92 Å². The first-order chi connectivity index (χ1) is 9.99. The van der Waals surface area contributed by atoms with Gasteiger partial charge in [-0.25, -0.2) is 0 Å². The van der Waals surface area contributed by atoms with E-state index in [0.29, 0.717) is 12.1 Å². The Labute approximate surface area is 132 Å². The van der Waals surface area contributed by atoms with Crippen LogP contribution in [0, 0.1) is 17.0 Å². The molecule has 0 aliphatic rings. The molecule has 4 nitrogen and oxygen atoms in total. The molecule has 0 saturated carbocycles. The number of nitro benzene ring substituents is 1. The molecule has 0 radical (unpaired) electrons. The maximum Gasteiger partial charge on any atom is 0.272 e. The van der Waals surface area contributed by atoms with Crippen LogP contribution in [0.4, 0.5) is 5.69 Å². The van der Waals surface area contributed by atoms with E-state index in [1.165, 1.54) is 5.56 Å². The highest BCUT2D eigenvalue weighted by Crippen LogP contribution is 2.24. The molecule has 110 valence electrons. The van der Waals surface area contributed by atoms with Crippen molar-refractivity contribution in [2.75, 3.05) is 0 Å². The number of halogens is 1. The average molecular weight is 349 g/mol. The molecule has 0 amide bonds. The van der Waals surface area contributed by atoms with E-state index in [0.717, 1.165) is 10.0 Å². The number of benzene rings is 2. The molecule has 0 aliphatic heterocycles. The number of hydrogen-bond donors (Lipinski definition) is 1. The van der Waals surface area contributed by atoms with Gasteiger partial charge in [0.2, 0.25) is 0 Å². The summed E-state index contributed by atoms with van der Waals surface area (Å²) >= 11 is 3.53. The molecule has 1 atom stereocenters. The van der Waals surface area contributed by atoms with Gasteiger partial charge in [0.15, 0.2) is 0 Å². The average Bonchev–Trinajstić information content (AvgIpc) is 2.46. The summed E-state index contributed by atoms with van der Waals surface area (Å²) in [7, 11) is 0. The summed E-state index contributed by atoms with van der Waals surface area (Å²) in [6.45, 7) is 4.41. The summed E-state index contributed by atoms with van der Waals surface area (Å²) in [5, 5.41) is 14.3. The van der Waals surface area contributed by atoms with Gasteiger partial charge in [-0.2, -0.15) is 0 Å². The smallest absolute Gasteiger partial charge is 0.272 e. The summed E-state index contributed by atoms with van der Waals surface area (Å²) in [5.74, 6) is 0. The lowest BCUT2D eigenvalue weighted by molar-refractivity contribution is -0.385. The molecule has 21 heavy (non-hydrogen) atoms. The second kappa shape index (κ2) is 6.83. The van der Waals surface area contributed by atoms with Gasteiger partial charge in [0.05, 0.1) is 4.92 Å². The first kappa shape index (κ1) is 15.7. The molecule has 0 aliphatic carbocycles. The summed E-state index contributed by atoms with van der Waals surface area (Å²) in [5.41, 5.74) is 2.93. The zero-order valence-corrected chi connectivity index (χ0v) is 13.6. The Kier molecular flexibility index (Phi) is 5.09. The van der Waals surface area contributed by atoms with E-state index in [1.807, 2.05) is 24.3 Å². The summed E-state index contributed by atoms with van der Waals surface area (Å²) in [4.78, 5) is 10.6. The zero-order valence-electron chi connectivity index (χ0n) is 12.0. The SMILES string of the molecule is Cc1ccc(CN[C@H](C)c2ccccc2Br)cc1[N+](=O)[O-]. The minimum absolute atomic E-state index is 0.154.